The quantitative estimate of drug-likeness (QED) is 0.891. The normalized spacial score (nSPS) is 29.7. The first-order chi connectivity index (χ1) is 11.7. The zero-order valence-electron chi connectivity index (χ0n) is 14.8. The van der Waals surface area contributed by atoms with Crippen LogP contribution >= 0.6 is 0 Å². The smallest absolute Gasteiger partial charge is 0.103 e. The molecule has 24 heavy (non-hydrogen) atoms. The number of piperidine rings is 1. The van der Waals surface area contributed by atoms with Crippen LogP contribution in [0.15, 0.2) is 24.3 Å². The Kier molecular flexibility index (Phi) is 4.93. The van der Waals surface area contributed by atoms with Crippen molar-refractivity contribution in [1.29, 1.82) is 0 Å². The topological polar surface area (TPSA) is 35.5 Å². The van der Waals surface area contributed by atoms with E-state index in [1.165, 1.54) is 63.6 Å². The molecule has 4 rings (SSSR count). The summed E-state index contributed by atoms with van der Waals surface area (Å²) in [5, 5.41) is 14.7. The van der Waals surface area contributed by atoms with Crippen molar-refractivity contribution in [3.63, 3.8) is 0 Å². The molecule has 1 aromatic carbocycles. The number of hydrogen-bond acceptors (Lipinski definition) is 3. The fourth-order valence-corrected chi connectivity index (χ4v) is 5.08. The van der Waals surface area contributed by atoms with Gasteiger partial charge in [0.25, 0.3) is 0 Å². The maximum atomic E-state index is 11.1. The van der Waals surface area contributed by atoms with Gasteiger partial charge in [-0.15, -0.1) is 0 Å². The molecule has 1 atom stereocenters. The lowest BCUT2D eigenvalue weighted by Crippen LogP contribution is -2.49. The molecule has 132 valence electrons. The van der Waals surface area contributed by atoms with E-state index in [0.29, 0.717) is 12.6 Å². The third-order valence-electron chi connectivity index (χ3n) is 6.63. The van der Waals surface area contributed by atoms with E-state index >= 15 is 0 Å². The molecule has 3 nitrogen and oxygen atoms in total. The summed E-state index contributed by atoms with van der Waals surface area (Å²) in [6, 6.07) is 9.83. The van der Waals surface area contributed by atoms with Gasteiger partial charge in [0.2, 0.25) is 0 Å². The maximum absolute atomic E-state index is 11.1. The Morgan fingerprint density at radius 3 is 2.58 bits per heavy atom. The van der Waals surface area contributed by atoms with Gasteiger partial charge in [-0.2, -0.15) is 0 Å². The molecule has 1 aromatic rings. The van der Waals surface area contributed by atoms with Gasteiger partial charge in [0.15, 0.2) is 0 Å². The summed E-state index contributed by atoms with van der Waals surface area (Å²) in [5.74, 6) is 0. The monoisotopic (exact) mass is 328 g/mol. The Hall–Kier alpha value is -0.900. The standard InChI is InChI=1S/C21H32N2O/c24-21(13-10-17-6-4-5-9-20(17)21)16-22-18-11-14-23(15-12-18)19-7-2-1-3-8-19/h4-6,9,18-19,22,24H,1-3,7-8,10-16H2. The Morgan fingerprint density at radius 2 is 1.79 bits per heavy atom. The Labute approximate surface area is 146 Å². The summed E-state index contributed by atoms with van der Waals surface area (Å²) >= 11 is 0. The Morgan fingerprint density at radius 1 is 1.04 bits per heavy atom. The lowest BCUT2D eigenvalue weighted by atomic mass is 9.91. The number of fused-ring (bicyclic) bond motifs is 1. The van der Waals surface area contributed by atoms with Crippen LogP contribution in [0.4, 0.5) is 0 Å². The summed E-state index contributed by atoms with van der Waals surface area (Å²) in [6.45, 7) is 3.17. The minimum atomic E-state index is -0.656. The molecule has 2 fully saturated rings. The molecule has 3 aliphatic rings. The fraction of sp³-hybridized carbons (Fsp3) is 0.714. The van der Waals surface area contributed by atoms with Gasteiger partial charge >= 0.3 is 0 Å². The third-order valence-corrected chi connectivity index (χ3v) is 6.63. The van der Waals surface area contributed by atoms with Gasteiger partial charge in [0, 0.05) is 18.6 Å². The highest BCUT2D eigenvalue weighted by atomic mass is 16.3. The van der Waals surface area contributed by atoms with Gasteiger partial charge in [-0.05, 0) is 62.7 Å². The van der Waals surface area contributed by atoms with Crippen molar-refractivity contribution in [3.05, 3.63) is 35.4 Å². The lowest BCUT2D eigenvalue weighted by Gasteiger charge is -2.40. The summed E-state index contributed by atoms with van der Waals surface area (Å²) in [7, 11) is 0. The van der Waals surface area contributed by atoms with Crippen molar-refractivity contribution in [3.8, 4) is 0 Å². The Bertz CT molecular complexity index is 547. The second-order valence-electron chi connectivity index (χ2n) is 8.17. The van der Waals surface area contributed by atoms with Crippen LogP contribution in [-0.4, -0.2) is 41.7 Å². The first kappa shape index (κ1) is 16.6. The van der Waals surface area contributed by atoms with Crippen LogP contribution in [0.25, 0.3) is 0 Å². The average molecular weight is 328 g/mol. The predicted molar refractivity (Wildman–Crippen MR) is 98.1 cm³/mol. The first-order valence-electron chi connectivity index (χ1n) is 10.0. The molecule has 0 aromatic heterocycles. The molecular formula is C21H32N2O. The van der Waals surface area contributed by atoms with E-state index in [2.05, 4.69) is 34.5 Å². The van der Waals surface area contributed by atoms with Gasteiger partial charge in [-0.1, -0.05) is 43.5 Å². The van der Waals surface area contributed by atoms with Gasteiger partial charge in [0.1, 0.15) is 5.60 Å². The van der Waals surface area contributed by atoms with Crippen LogP contribution in [0.3, 0.4) is 0 Å². The van der Waals surface area contributed by atoms with Crippen molar-refractivity contribution in [2.45, 2.75) is 75.5 Å². The van der Waals surface area contributed by atoms with E-state index in [9.17, 15) is 5.11 Å². The number of rotatable bonds is 4. The second kappa shape index (κ2) is 7.15. The van der Waals surface area contributed by atoms with E-state index in [1.807, 2.05) is 0 Å². The van der Waals surface area contributed by atoms with E-state index in [1.54, 1.807) is 0 Å². The van der Waals surface area contributed by atoms with E-state index in [4.69, 9.17) is 0 Å². The molecule has 1 saturated carbocycles. The molecule has 1 aliphatic heterocycles. The Balaban J connectivity index is 1.27. The average Bonchev–Trinajstić information content (AvgIpc) is 2.99. The van der Waals surface area contributed by atoms with Crippen LogP contribution in [0.5, 0.6) is 0 Å². The molecule has 1 heterocycles. The number of nitrogens with zero attached hydrogens (tertiary/aromatic N) is 1. The first-order valence-corrected chi connectivity index (χ1v) is 10.0. The minimum Gasteiger partial charge on any atom is -0.384 e. The van der Waals surface area contributed by atoms with Crippen LogP contribution in [0.2, 0.25) is 0 Å². The number of likely N-dealkylation sites (tertiary alicyclic amines) is 1. The summed E-state index contributed by atoms with van der Waals surface area (Å²) in [6.07, 6.45) is 11.4. The van der Waals surface area contributed by atoms with E-state index in [-0.39, 0.29) is 0 Å². The van der Waals surface area contributed by atoms with Crippen molar-refractivity contribution in [2.24, 2.45) is 0 Å². The van der Waals surface area contributed by atoms with Crippen molar-refractivity contribution >= 4 is 0 Å². The van der Waals surface area contributed by atoms with Crippen LogP contribution < -0.4 is 5.32 Å². The summed E-state index contributed by atoms with van der Waals surface area (Å²) < 4.78 is 0. The predicted octanol–water partition coefficient (Wildman–Crippen LogP) is 3.21. The second-order valence-corrected chi connectivity index (χ2v) is 8.17. The number of hydrogen-bond donors (Lipinski definition) is 2. The summed E-state index contributed by atoms with van der Waals surface area (Å²) in [5.41, 5.74) is 1.82. The summed E-state index contributed by atoms with van der Waals surface area (Å²) in [4.78, 5) is 2.73. The van der Waals surface area contributed by atoms with Crippen LogP contribution in [-0.2, 0) is 12.0 Å². The van der Waals surface area contributed by atoms with Crippen LogP contribution in [0, 0.1) is 0 Å². The molecule has 1 unspecified atom stereocenters. The fourth-order valence-electron chi connectivity index (χ4n) is 5.08. The number of aliphatic hydroxyl groups is 1. The molecule has 0 amide bonds. The molecule has 1 saturated heterocycles. The molecule has 3 heteroatoms. The molecular weight excluding hydrogens is 296 g/mol. The largest absolute Gasteiger partial charge is 0.384 e. The highest BCUT2D eigenvalue weighted by Crippen LogP contribution is 2.36. The number of nitrogens with one attached hydrogen (secondary N) is 1. The molecule has 2 N–H and O–H groups in total. The van der Waals surface area contributed by atoms with Crippen molar-refractivity contribution in [2.75, 3.05) is 19.6 Å². The van der Waals surface area contributed by atoms with Gasteiger partial charge in [0.05, 0.1) is 0 Å². The zero-order chi connectivity index (χ0) is 16.4. The van der Waals surface area contributed by atoms with E-state index < -0.39 is 5.60 Å². The lowest BCUT2D eigenvalue weighted by molar-refractivity contribution is 0.0309. The number of aryl methyl sites for hydroxylation is 1. The molecule has 0 bridgehead atoms. The SMILES string of the molecule is OC1(CNC2CCN(C3CCCCC3)CC2)CCc2ccccc21. The van der Waals surface area contributed by atoms with Crippen molar-refractivity contribution in [1.82, 2.24) is 10.2 Å². The minimum absolute atomic E-state index is 0.571. The molecule has 0 radical (unpaired) electrons. The van der Waals surface area contributed by atoms with Gasteiger partial charge in [-0.25, -0.2) is 0 Å². The zero-order valence-corrected chi connectivity index (χ0v) is 14.8. The third kappa shape index (κ3) is 3.40. The van der Waals surface area contributed by atoms with Crippen molar-refractivity contribution < 1.29 is 5.11 Å². The molecule has 2 aliphatic carbocycles. The highest BCUT2D eigenvalue weighted by Gasteiger charge is 2.37. The van der Waals surface area contributed by atoms with Gasteiger partial charge in [-0.3, -0.25) is 0 Å². The van der Waals surface area contributed by atoms with Gasteiger partial charge < -0.3 is 15.3 Å². The van der Waals surface area contributed by atoms with E-state index in [0.717, 1.165) is 24.4 Å². The van der Waals surface area contributed by atoms with Crippen LogP contribution in [0.1, 0.15) is 62.5 Å². The highest BCUT2D eigenvalue weighted by molar-refractivity contribution is 5.37. The molecule has 0 spiro atoms. The maximum Gasteiger partial charge on any atom is 0.103 e. The number of benzene rings is 1.